The van der Waals surface area contributed by atoms with E-state index in [1.807, 2.05) is 20.9 Å². The average molecular weight is 232 g/mol. The topological polar surface area (TPSA) is 32.8 Å². The van der Waals surface area contributed by atoms with Gasteiger partial charge in [0.2, 0.25) is 6.36 Å². The van der Waals surface area contributed by atoms with E-state index < -0.39 is 12.5 Å². The van der Waals surface area contributed by atoms with Crippen molar-refractivity contribution in [2.75, 3.05) is 26.7 Å². The Morgan fingerprint density at radius 2 is 2.25 bits per heavy atom. The Kier molecular flexibility index (Phi) is 4.99. The van der Waals surface area contributed by atoms with E-state index in [-0.39, 0.29) is 6.42 Å². The van der Waals surface area contributed by atoms with Gasteiger partial charge in [0.25, 0.3) is 0 Å². The summed E-state index contributed by atoms with van der Waals surface area (Å²) in [7, 11) is 2.02. The van der Waals surface area contributed by atoms with Crippen LogP contribution in [0, 0.1) is 0 Å². The molecule has 1 saturated heterocycles. The van der Waals surface area contributed by atoms with E-state index in [1.54, 1.807) is 4.90 Å². The highest BCUT2D eigenvalue weighted by molar-refractivity contribution is 5.67. The van der Waals surface area contributed by atoms with Crippen LogP contribution in [-0.4, -0.2) is 55.0 Å². The first-order valence-electron chi connectivity index (χ1n) is 5.84. The predicted molar refractivity (Wildman–Crippen MR) is 60.0 cm³/mol. The summed E-state index contributed by atoms with van der Waals surface area (Å²) in [4.78, 5) is 15.3. The Morgan fingerprint density at radius 3 is 2.81 bits per heavy atom. The molecule has 16 heavy (non-hydrogen) atoms. The predicted octanol–water partition coefficient (Wildman–Crippen LogP) is 1.85. The summed E-state index contributed by atoms with van der Waals surface area (Å²) in [5.41, 5.74) is 0. The molecule has 1 aliphatic heterocycles. The number of likely N-dealkylation sites (N-methyl/N-ethyl adjacent to an activating group) is 1. The van der Waals surface area contributed by atoms with Crippen LogP contribution >= 0.6 is 0 Å². The van der Waals surface area contributed by atoms with Gasteiger partial charge in [0.05, 0.1) is 0 Å². The number of alkyl halides is 1. The largest absolute Gasteiger partial charge is 0.415 e. The zero-order valence-corrected chi connectivity index (χ0v) is 10.3. The second kappa shape index (κ2) is 6.03. The number of hydrogen-bond donors (Lipinski definition) is 0. The Labute approximate surface area is 96.3 Å². The zero-order chi connectivity index (χ0) is 12.1. The summed E-state index contributed by atoms with van der Waals surface area (Å²) < 4.78 is 17.8. The lowest BCUT2D eigenvalue weighted by molar-refractivity contribution is -0.0202. The van der Waals surface area contributed by atoms with E-state index in [1.165, 1.54) is 0 Å². The number of carbonyl (C=O) groups is 1. The number of piperazine rings is 1. The first-order chi connectivity index (χ1) is 7.54. The van der Waals surface area contributed by atoms with Crippen LogP contribution in [0.2, 0.25) is 0 Å². The van der Waals surface area contributed by atoms with E-state index in [0.29, 0.717) is 25.6 Å². The second-order valence-electron chi connectivity index (χ2n) is 4.36. The van der Waals surface area contributed by atoms with Crippen molar-refractivity contribution in [1.29, 1.82) is 0 Å². The number of carbonyl (C=O) groups excluding carboxylic acids is 1. The van der Waals surface area contributed by atoms with Gasteiger partial charge in [-0.2, -0.15) is 0 Å². The molecule has 1 aliphatic rings. The Bertz CT molecular complexity index is 238. The third kappa shape index (κ3) is 3.63. The van der Waals surface area contributed by atoms with Crippen molar-refractivity contribution in [2.45, 2.75) is 39.1 Å². The maximum atomic E-state index is 13.1. The molecule has 2 unspecified atom stereocenters. The van der Waals surface area contributed by atoms with Crippen LogP contribution in [0.25, 0.3) is 0 Å². The zero-order valence-electron chi connectivity index (χ0n) is 10.3. The van der Waals surface area contributed by atoms with Crippen LogP contribution in [0.4, 0.5) is 9.18 Å². The quantitative estimate of drug-likeness (QED) is 0.744. The molecule has 0 N–H and O–H groups in total. The van der Waals surface area contributed by atoms with Gasteiger partial charge < -0.3 is 14.5 Å². The fourth-order valence-electron chi connectivity index (χ4n) is 1.68. The molecule has 0 radical (unpaired) electrons. The SMILES string of the molecule is CCCC(F)OC(=O)N1CCN(C)C(C)C1. The monoisotopic (exact) mass is 232 g/mol. The lowest BCUT2D eigenvalue weighted by Crippen LogP contribution is -2.52. The van der Waals surface area contributed by atoms with Gasteiger partial charge in [0, 0.05) is 32.1 Å². The molecule has 2 atom stereocenters. The number of ether oxygens (including phenoxy) is 1. The molecule has 0 aliphatic carbocycles. The Hall–Kier alpha value is -0.840. The molecule has 0 bridgehead atoms. The molecule has 0 aromatic rings. The molecular formula is C11H21FN2O2. The van der Waals surface area contributed by atoms with Crippen molar-refractivity contribution >= 4 is 6.09 Å². The first-order valence-corrected chi connectivity index (χ1v) is 5.84. The highest BCUT2D eigenvalue weighted by Gasteiger charge is 2.26. The third-order valence-corrected chi connectivity index (χ3v) is 2.96. The van der Waals surface area contributed by atoms with Gasteiger partial charge in [0.15, 0.2) is 0 Å². The maximum absolute atomic E-state index is 13.1. The molecule has 0 spiro atoms. The van der Waals surface area contributed by atoms with Crippen LogP contribution in [0.5, 0.6) is 0 Å². The molecule has 5 heteroatoms. The minimum absolute atomic E-state index is 0.273. The fourth-order valence-corrected chi connectivity index (χ4v) is 1.68. The fraction of sp³-hybridized carbons (Fsp3) is 0.909. The summed E-state index contributed by atoms with van der Waals surface area (Å²) in [6, 6.07) is 0.297. The molecule has 0 saturated carbocycles. The van der Waals surface area contributed by atoms with Gasteiger partial charge in [-0.3, -0.25) is 0 Å². The number of rotatable bonds is 3. The van der Waals surface area contributed by atoms with Crippen LogP contribution in [0.3, 0.4) is 0 Å². The highest BCUT2D eigenvalue weighted by Crippen LogP contribution is 2.11. The normalized spacial score (nSPS) is 24.2. The molecular weight excluding hydrogens is 211 g/mol. The summed E-state index contributed by atoms with van der Waals surface area (Å²) in [6.07, 6.45) is -1.05. The molecule has 94 valence electrons. The van der Waals surface area contributed by atoms with Crippen molar-refractivity contribution < 1.29 is 13.9 Å². The van der Waals surface area contributed by atoms with Gasteiger partial charge >= 0.3 is 6.09 Å². The minimum Gasteiger partial charge on any atom is -0.415 e. The summed E-state index contributed by atoms with van der Waals surface area (Å²) in [6.45, 7) is 5.92. The minimum atomic E-state index is -1.47. The smallest absolute Gasteiger partial charge is 0.412 e. The summed E-state index contributed by atoms with van der Waals surface area (Å²) in [5.74, 6) is 0. The van der Waals surface area contributed by atoms with Crippen molar-refractivity contribution in [1.82, 2.24) is 9.80 Å². The Balaban J connectivity index is 2.37. The molecule has 1 heterocycles. The van der Waals surface area contributed by atoms with Gasteiger partial charge in [-0.25, -0.2) is 9.18 Å². The van der Waals surface area contributed by atoms with E-state index in [2.05, 4.69) is 4.90 Å². The lowest BCUT2D eigenvalue weighted by Gasteiger charge is -2.37. The number of hydrogen-bond acceptors (Lipinski definition) is 3. The van der Waals surface area contributed by atoms with Gasteiger partial charge in [0.1, 0.15) is 0 Å². The lowest BCUT2D eigenvalue weighted by atomic mass is 10.2. The summed E-state index contributed by atoms with van der Waals surface area (Å²) in [5, 5.41) is 0. The van der Waals surface area contributed by atoms with Gasteiger partial charge in [-0.1, -0.05) is 6.92 Å². The molecule has 0 aromatic heterocycles. The van der Waals surface area contributed by atoms with E-state index in [0.717, 1.165) is 6.54 Å². The molecule has 1 rings (SSSR count). The van der Waals surface area contributed by atoms with Crippen molar-refractivity contribution in [3.8, 4) is 0 Å². The highest BCUT2D eigenvalue weighted by atomic mass is 19.1. The standard InChI is InChI=1S/C11H21FN2O2/c1-4-5-10(12)16-11(15)14-7-6-13(3)9(2)8-14/h9-10H,4-8H2,1-3H3. The average Bonchev–Trinajstić information content (AvgIpc) is 2.22. The molecule has 4 nitrogen and oxygen atoms in total. The number of amides is 1. The molecule has 1 amide bonds. The van der Waals surface area contributed by atoms with Crippen LogP contribution in [0.1, 0.15) is 26.7 Å². The van der Waals surface area contributed by atoms with E-state index >= 15 is 0 Å². The van der Waals surface area contributed by atoms with Crippen LogP contribution in [0.15, 0.2) is 0 Å². The van der Waals surface area contributed by atoms with E-state index in [4.69, 9.17) is 4.74 Å². The van der Waals surface area contributed by atoms with Crippen molar-refractivity contribution in [2.24, 2.45) is 0 Å². The molecule has 1 fully saturated rings. The van der Waals surface area contributed by atoms with E-state index in [9.17, 15) is 9.18 Å². The second-order valence-corrected chi connectivity index (χ2v) is 4.36. The Morgan fingerprint density at radius 1 is 1.56 bits per heavy atom. The first kappa shape index (κ1) is 13.2. The van der Waals surface area contributed by atoms with Crippen LogP contribution in [-0.2, 0) is 4.74 Å². The molecule has 0 aromatic carbocycles. The summed E-state index contributed by atoms with van der Waals surface area (Å²) >= 11 is 0. The van der Waals surface area contributed by atoms with Crippen molar-refractivity contribution in [3.05, 3.63) is 0 Å². The van der Waals surface area contributed by atoms with Crippen molar-refractivity contribution in [3.63, 3.8) is 0 Å². The number of nitrogens with zero attached hydrogens (tertiary/aromatic N) is 2. The van der Waals surface area contributed by atoms with Gasteiger partial charge in [-0.15, -0.1) is 0 Å². The third-order valence-electron chi connectivity index (χ3n) is 2.96. The number of halogens is 1. The van der Waals surface area contributed by atoms with Gasteiger partial charge in [-0.05, 0) is 20.4 Å². The van der Waals surface area contributed by atoms with Crippen LogP contribution < -0.4 is 0 Å². The maximum Gasteiger partial charge on any atom is 0.412 e.